The minimum absolute atomic E-state index is 0.00781. The van der Waals surface area contributed by atoms with E-state index in [1.807, 2.05) is 12.1 Å². The van der Waals surface area contributed by atoms with Crippen LogP contribution in [0, 0.1) is 5.92 Å². The number of nitrogens with one attached hydrogen (secondary N) is 2. The lowest BCUT2D eigenvalue weighted by Crippen LogP contribution is -2.34. The van der Waals surface area contributed by atoms with Crippen molar-refractivity contribution in [3.05, 3.63) is 53.5 Å². The lowest BCUT2D eigenvalue weighted by molar-refractivity contribution is -0.140. The monoisotopic (exact) mass is 388 g/mol. The summed E-state index contributed by atoms with van der Waals surface area (Å²) in [6.45, 7) is 0.0913. The summed E-state index contributed by atoms with van der Waals surface area (Å²) in [4.78, 5) is 10.4. The SMILES string of the molecule is OC[C@@H]1CCc2ccccc2C12C[C@@H]2Nc1ncnc2[nH]c(C(F)(F)F)cc12. The van der Waals surface area contributed by atoms with Gasteiger partial charge in [0.15, 0.2) is 0 Å². The Hall–Kier alpha value is -2.61. The summed E-state index contributed by atoms with van der Waals surface area (Å²) >= 11 is 0. The number of anilines is 1. The first-order chi connectivity index (χ1) is 13.4. The van der Waals surface area contributed by atoms with E-state index < -0.39 is 11.9 Å². The smallest absolute Gasteiger partial charge is 0.396 e. The second-order valence-corrected chi connectivity index (χ2v) is 7.68. The van der Waals surface area contributed by atoms with Crippen molar-refractivity contribution in [2.24, 2.45) is 5.92 Å². The number of hydrogen-bond donors (Lipinski definition) is 3. The summed E-state index contributed by atoms with van der Waals surface area (Å²) in [5.74, 6) is 0.507. The summed E-state index contributed by atoms with van der Waals surface area (Å²) in [5.41, 5.74) is 1.62. The number of fused-ring (bicyclic) bond motifs is 3. The molecule has 3 aromatic rings. The molecule has 0 aliphatic heterocycles. The Labute approximate surface area is 159 Å². The van der Waals surface area contributed by atoms with Crippen LogP contribution in [-0.4, -0.2) is 32.7 Å². The highest BCUT2D eigenvalue weighted by Gasteiger charge is 2.61. The van der Waals surface area contributed by atoms with Crippen molar-refractivity contribution < 1.29 is 18.3 Å². The van der Waals surface area contributed by atoms with Gasteiger partial charge in [0.2, 0.25) is 0 Å². The molecular weight excluding hydrogens is 369 g/mol. The zero-order valence-electron chi connectivity index (χ0n) is 14.9. The van der Waals surface area contributed by atoms with Gasteiger partial charge in [-0.1, -0.05) is 24.3 Å². The van der Waals surface area contributed by atoms with Crippen LogP contribution in [-0.2, 0) is 18.0 Å². The quantitative estimate of drug-likeness (QED) is 0.640. The van der Waals surface area contributed by atoms with Crippen molar-refractivity contribution in [3.63, 3.8) is 0 Å². The molecule has 0 amide bonds. The number of aromatic amines is 1. The molecule has 2 aromatic heterocycles. The lowest BCUT2D eigenvalue weighted by atomic mass is 9.72. The highest BCUT2D eigenvalue weighted by molar-refractivity contribution is 5.88. The Kier molecular flexibility index (Phi) is 3.71. The summed E-state index contributed by atoms with van der Waals surface area (Å²) in [5, 5.41) is 13.6. The number of H-pyrrole nitrogens is 1. The van der Waals surface area contributed by atoms with E-state index in [-0.39, 0.29) is 29.6 Å². The van der Waals surface area contributed by atoms with E-state index in [0.29, 0.717) is 11.2 Å². The first-order valence-corrected chi connectivity index (χ1v) is 9.30. The number of benzene rings is 1. The fourth-order valence-corrected chi connectivity index (χ4v) is 4.83. The zero-order valence-corrected chi connectivity index (χ0v) is 14.9. The van der Waals surface area contributed by atoms with E-state index in [1.165, 1.54) is 17.5 Å². The largest absolute Gasteiger partial charge is 0.431 e. The van der Waals surface area contributed by atoms with Crippen molar-refractivity contribution in [1.82, 2.24) is 15.0 Å². The van der Waals surface area contributed by atoms with Crippen LogP contribution in [0.5, 0.6) is 0 Å². The molecule has 2 aliphatic rings. The van der Waals surface area contributed by atoms with Gasteiger partial charge in [0.25, 0.3) is 0 Å². The van der Waals surface area contributed by atoms with Gasteiger partial charge in [-0.3, -0.25) is 0 Å². The zero-order chi connectivity index (χ0) is 19.5. The fraction of sp³-hybridized carbons (Fsp3) is 0.400. The molecule has 0 radical (unpaired) electrons. The van der Waals surface area contributed by atoms with Crippen LogP contribution in [0.3, 0.4) is 0 Å². The van der Waals surface area contributed by atoms with Crippen molar-refractivity contribution in [3.8, 4) is 0 Å². The van der Waals surface area contributed by atoms with Gasteiger partial charge in [0.1, 0.15) is 23.5 Å². The number of alkyl halides is 3. The molecule has 1 spiro atoms. The summed E-state index contributed by atoms with van der Waals surface area (Å²) in [6.07, 6.45) is -0.567. The Morgan fingerprint density at radius 1 is 1.25 bits per heavy atom. The van der Waals surface area contributed by atoms with Crippen LogP contribution in [0.1, 0.15) is 29.7 Å². The number of rotatable bonds is 3. The predicted octanol–water partition coefficient (Wildman–Crippen LogP) is 3.65. The average molecular weight is 388 g/mol. The number of halogens is 3. The minimum atomic E-state index is -4.47. The van der Waals surface area contributed by atoms with Crippen LogP contribution >= 0.6 is 0 Å². The summed E-state index contributed by atoms with van der Waals surface area (Å²) < 4.78 is 39.2. The van der Waals surface area contributed by atoms with Crippen LogP contribution in [0.15, 0.2) is 36.7 Å². The lowest BCUT2D eigenvalue weighted by Gasteiger charge is -2.34. The Morgan fingerprint density at radius 2 is 2.07 bits per heavy atom. The Bertz CT molecular complexity index is 1050. The maximum Gasteiger partial charge on any atom is 0.431 e. The first kappa shape index (κ1) is 17.5. The van der Waals surface area contributed by atoms with Gasteiger partial charge < -0.3 is 15.4 Å². The maximum absolute atomic E-state index is 13.1. The van der Waals surface area contributed by atoms with E-state index in [2.05, 4.69) is 32.4 Å². The molecule has 5 rings (SSSR count). The van der Waals surface area contributed by atoms with E-state index in [9.17, 15) is 18.3 Å². The third kappa shape index (κ3) is 2.51. The molecule has 3 N–H and O–H groups in total. The molecule has 1 fully saturated rings. The standard InChI is InChI=1S/C20H19F3N4O/c21-20(22,23)15-7-13-17(26-15)24-10-25-18(13)27-16-8-19(16)12(9-28)6-5-11-3-1-2-4-14(11)19/h1-4,7,10,12,16,28H,5-6,8-9H2,(H2,24,25,26,27)/t12-,16-,19?/m0/s1. The molecule has 2 heterocycles. The van der Waals surface area contributed by atoms with Gasteiger partial charge in [-0.2, -0.15) is 13.2 Å². The second kappa shape index (κ2) is 5.94. The first-order valence-electron chi connectivity index (χ1n) is 9.30. The number of aliphatic hydroxyl groups is 1. The van der Waals surface area contributed by atoms with Gasteiger partial charge in [-0.15, -0.1) is 0 Å². The van der Waals surface area contributed by atoms with Gasteiger partial charge in [0.05, 0.1) is 5.39 Å². The molecule has 1 aromatic carbocycles. The van der Waals surface area contributed by atoms with Gasteiger partial charge in [-0.05, 0) is 42.4 Å². The summed E-state index contributed by atoms with van der Waals surface area (Å²) in [7, 11) is 0. The van der Waals surface area contributed by atoms with E-state index in [0.717, 1.165) is 25.3 Å². The number of nitrogens with zero attached hydrogens (tertiary/aromatic N) is 2. The van der Waals surface area contributed by atoms with E-state index >= 15 is 0 Å². The normalized spacial score (nSPS) is 26.4. The van der Waals surface area contributed by atoms with Crippen LogP contribution < -0.4 is 5.32 Å². The molecule has 1 saturated carbocycles. The number of aliphatic hydroxyl groups excluding tert-OH is 1. The molecular formula is C20H19F3N4O. The second-order valence-electron chi connectivity index (χ2n) is 7.68. The van der Waals surface area contributed by atoms with Crippen LogP contribution in [0.2, 0.25) is 0 Å². The molecule has 0 saturated heterocycles. The van der Waals surface area contributed by atoms with Gasteiger partial charge >= 0.3 is 6.18 Å². The topological polar surface area (TPSA) is 73.8 Å². The molecule has 28 heavy (non-hydrogen) atoms. The Morgan fingerprint density at radius 3 is 2.86 bits per heavy atom. The van der Waals surface area contributed by atoms with Crippen LogP contribution in [0.4, 0.5) is 19.0 Å². The highest BCUT2D eigenvalue weighted by atomic mass is 19.4. The summed E-state index contributed by atoms with van der Waals surface area (Å²) in [6, 6.07) is 9.29. The molecule has 3 atom stereocenters. The molecule has 8 heteroatoms. The number of hydrogen-bond acceptors (Lipinski definition) is 4. The predicted molar refractivity (Wildman–Crippen MR) is 97.9 cm³/mol. The highest BCUT2D eigenvalue weighted by Crippen LogP contribution is 2.59. The third-order valence-corrected chi connectivity index (χ3v) is 6.28. The molecule has 5 nitrogen and oxygen atoms in total. The fourth-order valence-electron chi connectivity index (χ4n) is 4.83. The van der Waals surface area contributed by atoms with Crippen molar-refractivity contribution in [2.75, 3.05) is 11.9 Å². The van der Waals surface area contributed by atoms with Crippen molar-refractivity contribution >= 4 is 16.9 Å². The minimum Gasteiger partial charge on any atom is -0.396 e. The number of aromatic nitrogens is 3. The number of aryl methyl sites for hydroxylation is 1. The average Bonchev–Trinajstić information content (AvgIpc) is 3.16. The molecule has 0 bridgehead atoms. The third-order valence-electron chi connectivity index (χ3n) is 6.28. The van der Waals surface area contributed by atoms with Gasteiger partial charge in [0, 0.05) is 18.1 Å². The molecule has 2 aliphatic carbocycles. The molecule has 1 unspecified atom stereocenters. The molecule has 146 valence electrons. The van der Waals surface area contributed by atoms with Crippen molar-refractivity contribution in [1.29, 1.82) is 0 Å². The van der Waals surface area contributed by atoms with Crippen LogP contribution in [0.25, 0.3) is 11.0 Å². The van der Waals surface area contributed by atoms with Gasteiger partial charge in [-0.25, -0.2) is 9.97 Å². The van der Waals surface area contributed by atoms with Crippen molar-refractivity contribution in [2.45, 2.75) is 36.9 Å². The maximum atomic E-state index is 13.1. The van der Waals surface area contributed by atoms with E-state index in [4.69, 9.17) is 0 Å². The Balaban J connectivity index is 1.51. The van der Waals surface area contributed by atoms with E-state index in [1.54, 1.807) is 0 Å².